The zero-order chi connectivity index (χ0) is 15.0. The van der Waals surface area contributed by atoms with E-state index in [1.807, 2.05) is 0 Å². The van der Waals surface area contributed by atoms with Gasteiger partial charge in [0.25, 0.3) is 0 Å². The minimum Gasteiger partial charge on any atom is -0.478 e. The van der Waals surface area contributed by atoms with Gasteiger partial charge >= 0.3 is 5.97 Å². The number of likely N-dealkylation sites (tertiary alicyclic amines) is 1. The van der Waals surface area contributed by atoms with Crippen LogP contribution in [0.3, 0.4) is 0 Å². The van der Waals surface area contributed by atoms with Gasteiger partial charge in [-0.3, -0.25) is 14.4 Å². The summed E-state index contributed by atoms with van der Waals surface area (Å²) < 4.78 is 1.64. The second-order valence-corrected chi connectivity index (χ2v) is 5.93. The molecule has 0 spiro atoms. The van der Waals surface area contributed by atoms with Crippen LogP contribution < -0.4 is 5.32 Å². The van der Waals surface area contributed by atoms with Crippen LogP contribution >= 0.6 is 0 Å². The summed E-state index contributed by atoms with van der Waals surface area (Å²) in [6.45, 7) is 2.36. The summed E-state index contributed by atoms with van der Waals surface area (Å²) in [6.07, 6.45) is 3.85. The van der Waals surface area contributed by atoms with Crippen LogP contribution in [0.15, 0.2) is 6.20 Å². The maximum atomic E-state index is 11.4. The third-order valence-electron chi connectivity index (χ3n) is 4.57. The fraction of sp³-hybridized carbons (Fsp3) is 0.643. The number of piperidine rings is 2. The number of carbonyl (C=O) groups is 2. The summed E-state index contributed by atoms with van der Waals surface area (Å²) in [5, 5.41) is 16.3. The first-order chi connectivity index (χ1) is 10.0. The van der Waals surface area contributed by atoms with Gasteiger partial charge in [0.2, 0.25) is 5.91 Å². The number of rotatable bonds is 3. The Kier molecular flexibility index (Phi) is 3.67. The van der Waals surface area contributed by atoms with Crippen molar-refractivity contribution in [3.05, 3.63) is 17.5 Å². The van der Waals surface area contributed by atoms with Crippen molar-refractivity contribution in [3.63, 3.8) is 0 Å². The van der Waals surface area contributed by atoms with Gasteiger partial charge in [0.1, 0.15) is 5.56 Å². The standard InChI is InChI=1S/C14H20N4O3/c1-17-12(10(6-15-17)14(20)21)8-18-5-4-11-9(7-18)2-3-13(19)16-11/h6,9,11H,2-5,7-8H2,1H3,(H,16,19)(H,20,21). The first-order valence-electron chi connectivity index (χ1n) is 7.30. The van der Waals surface area contributed by atoms with E-state index in [1.165, 1.54) is 6.20 Å². The molecule has 1 amide bonds. The summed E-state index contributed by atoms with van der Waals surface area (Å²) in [4.78, 5) is 24.9. The molecule has 2 unspecified atom stereocenters. The molecule has 2 saturated heterocycles. The third-order valence-corrected chi connectivity index (χ3v) is 4.57. The maximum absolute atomic E-state index is 11.4. The Balaban J connectivity index is 1.68. The number of aryl methyl sites for hydroxylation is 1. The molecule has 0 radical (unpaired) electrons. The van der Waals surface area contributed by atoms with E-state index in [2.05, 4.69) is 15.3 Å². The zero-order valence-corrected chi connectivity index (χ0v) is 12.1. The molecule has 3 heterocycles. The van der Waals surface area contributed by atoms with Gasteiger partial charge in [-0.25, -0.2) is 4.79 Å². The van der Waals surface area contributed by atoms with E-state index in [-0.39, 0.29) is 17.5 Å². The molecule has 7 nitrogen and oxygen atoms in total. The number of fused-ring (bicyclic) bond motifs is 1. The molecule has 1 aromatic rings. The van der Waals surface area contributed by atoms with E-state index >= 15 is 0 Å². The first kappa shape index (κ1) is 14.1. The molecule has 3 rings (SSSR count). The molecule has 2 fully saturated rings. The van der Waals surface area contributed by atoms with Crippen LogP contribution in [0.4, 0.5) is 0 Å². The highest BCUT2D eigenvalue weighted by Crippen LogP contribution is 2.26. The van der Waals surface area contributed by atoms with E-state index in [0.717, 1.165) is 31.6 Å². The first-order valence-corrected chi connectivity index (χ1v) is 7.30. The highest BCUT2D eigenvalue weighted by atomic mass is 16.4. The summed E-state index contributed by atoms with van der Waals surface area (Å²) in [7, 11) is 1.77. The van der Waals surface area contributed by atoms with Gasteiger partial charge in [-0.05, 0) is 18.8 Å². The second-order valence-electron chi connectivity index (χ2n) is 5.93. The number of carboxylic acids is 1. The van der Waals surface area contributed by atoms with Gasteiger partial charge in [-0.15, -0.1) is 0 Å². The Morgan fingerprint density at radius 3 is 3.10 bits per heavy atom. The van der Waals surface area contributed by atoms with E-state index in [1.54, 1.807) is 11.7 Å². The summed E-state index contributed by atoms with van der Waals surface area (Å²) >= 11 is 0. The lowest BCUT2D eigenvalue weighted by atomic mass is 9.85. The van der Waals surface area contributed by atoms with Crippen molar-refractivity contribution in [3.8, 4) is 0 Å². The SMILES string of the molecule is Cn1ncc(C(=O)O)c1CN1CCC2NC(=O)CCC2C1. The molecule has 114 valence electrons. The third kappa shape index (κ3) is 2.78. The van der Waals surface area contributed by atoms with Crippen molar-refractivity contribution >= 4 is 11.9 Å². The number of amides is 1. The van der Waals surface area contributed by atoms with Crippen LogP contribution in [0, 0.1) is 5.92 Å². The van der Waals surface area contributed by atoms with Crippen LogP contribution in [0.2, 0.25) is 0 Å². The fourth-order valence-corrected chi connectivity index (χ4v) is 3.37. The van der Waals surface area contributed by atoms with Gasteiger partial charge in [-0.1, -0.05) is 0 Å². The molecular formula is C14H20N4O3. The minimum absolute atomic E-state index is 0.157. The lowest BCUT2D eigenvalue weighted by Crippen LogP contribution is -2.53. The van der Waals surface area contributed by atoms with Gasteiger partial charge in [0.15, 0.2) is 0 Å². The summed E-state index contributed by atoms with van der Waals surface area (Å²) in [5.74, 6) is -0.305. The molecular weight excluding hydrogens is 272 g/mol. The van der Waals surface area contributed by atoms with Crippen molar-refractivity contribution in [1.29, 1.82) is 0 Å². The number of nitrogens with zero attached hydrogens (tertiary/aromatic N) is 3. The van der Waals surface area contributed by atoms with Crippen LogP contribution in [0.5, 0.6) is 0 Å². The van der Waals surface area contributed by atoms with Gasteiger partial charge in [0.05, 0.1) is 11.9 Å². The number of carbonyl (C=O) groups excluding carboxylic acids is 1. The summed E-state index contributed by atoms with van der Waals surface area (Å²) in [6, 6.07) is 0.285. The van der Waals surface area contributed by atoms with Crippen LogP contribution in [0.25, 0.3) is 0 Å². The molecule has 2 atom stereocenters. The molecule has 0 bridgehead atoms. The highest BCUT2D eigenvalue weighted by Gasteiger charge is 2.34. The average Bonchev–Trinajstić information content (AvgIpc) is 2.80. The van der Waals surface area contributed by atoms with Crippen molar-refractivity contribution < 1.29 is 14.7 Å². The largest absolute Gasteiger partial charge is 0.478 e. The quantitative estimate of drug-likeness (QED) is 0.832. The Hall–Kier alpha value is -1.89. The molecule has 0 aromatic carbocycles. The Labute approximate surface area is 122 Å². The lowest BCUT2D eigenvalue weighted by molar-refractivity contribution is -0.125. The van der Waals surface area contributed by atoms with Crippen LogP contribution in [-0.2, 0) is 18.4 Å². The van der Waals surface area contributed by atoms with E-state index in [9.17, 15) is 14.7 Å². The highest BCUT2D eigenvalue weighted by molar-refractivity contribution is 5.88. The number of nitrogens with one attached hydrogen (secondary N) is 1. The molecule has 0 aliphatic carbocycles. The monoisotopic (exact) mass is 292 g/mol. The fourth-order valence-electron chi connectivity index (χ4n) is 3.37. The molecule has 21 heavy (non-hydrogen) atoms. The Morgan fingerprint density at radius 2 is 2.33 bits per heavy atom. The number of hydrogen-bond acceptors (Lipinski definition) is 4. The van der Waals surface area contributed by atoms with Crippen molar-refractivity contribution in [2.75, 3.05) is 13.1 Å². The zero-order valence-electron chi connectivity index (χ0n) is 12.1. The van der Waals surface area contributed by atoms with E-state index in [0.29, 0.717) is 18.9 Å². The summed E-state index contributed by atoms with van der Waals surface area (Å²) in [5.41, 5.74) is 1.01. The van der Waals surface area contributed by atoms with Gasteiger partial charge in [-0.2, -0.15) is 5.10 Å². The number of hydrogen-bond donors (Lipinski definition) is 2. The topological polar surface area (TPSA) is 87.5 Å². The Bertz CT molecular complexity index is 569. The van der Waals surface area contributed by atoms with E-state index in [4.69, 9.17) is 0 Å². The van der Waals surface area contributed by atoms with E-state index < -0.39 is 5.97 Å². The predicted octanol–water partition coefficient (Wildman–Crippen LogP) is 0.219. The molecule has 7 heteroatoms. The molecule has 0 saturated carbocycles. The average molecular weight is 292 g/mol. The van der Waals surface area contributed by atoms with Crippen molar-refractivity contribution in [2.45, 2.75) is 31.8 Å². The smallest absolute Gasteiger partial charge is 0.339 e. The molecule has 2 N–H and O–H groups in total. The predicted molar refractivity (Wildman–Crippen MR) is 74.7 cm³/mol. The lowest BCUT2D eigenvalue weighted by Gasteiger charge is -2.41. The van der Waals surface area contributed by atoms with Crippen LogP contribution in [0.1, 0.15) is 35.3 Å². The molecule has 1 aromatic heterocycles. The van der Waals surface area contributed by atoms with Crippen molar-refractivity contribution in [1.82, 2.24) is 20.0 Å². The van der Waals surface area contributed by atoms with Gasteiger partial charge < -0.3 is 10.4 Å². The number of carboxylic acid groups (broad SMARTS) is 1. The normalized spacial score (nSPS) is 26.2. The van der Waals surface area contributed by atoms with Gasteiger partial charge in [0, 0.05) is 39.1 Å². The van der Waals surface area contributed by atoms with Crippen molar-refractivity contribution in [2.24, 2.45) is 13.0 Å². The second kappa shape index (κ2) is 5.48. The maximum Gasteiger partial charge on any atom is 0.339 e. The molecule has 2 aliphatic heterocycles. The number of aromatic carboxylic acids is 1. The Morgan fingerprint density at radius 1 is 1.52 bits per heavy atom. The minimum atomic E-state index is -0.932. The van der Waals surface area contributed by atoms with Crippen LogP contribution in [-0.4, -0.2) is 50.8 Å². The molecule has 2 aliphatic rings. The number of aromatic nitrogens is 2.